The molecule has 1 N–H and O–H groups in total. The van der Waals surface area contributed by atoms with E-state index in [2.05, 4.69) is 23.3 Å². The number of hydrogen-bond donors (Lipinski definition) is 1. The molecule has 1 aromatic carbocycles. The Morgan fingerprint density at radius 3 is 2.69 bits per heavy atom. The zero-order valence-corrected chi connectivity index (χ0v) is 16.5. The third-order valence-electron chi connectivity index (χ3n) is 5.85. The van der Waals surface area contributed by atoms with Crippen molar-refractivity contribution in [1.29, 1.82) is 0 Å². The summed E-state index contributed by atoms with van der Waals surface area (Å²) >= 11 is 6.39. The third kappa shape index (κ3) is 3.49. The molecule has 0 bridgehead atoms. The number of hydrogen-bond acceptors (Lipinski definition) is 4. The van der Waals surface area contributed by atoms with Crippen molar-refractivity contribution in [2.75, 3.05) is 32.6 Å². The first-order chi connectivity index (χ1) is 12.7. The summed E-state index contributed by atoms with van der Waals surface area (Å²) in [6.07, 6.45) is 8.29. The second kappa shape index (κ2) is 7.61. The van der Waals surface area contributed by atoms with Crippen LogP contribution in [0.5, 0.6) is 5.75 Å². The average molecular weight is 374 g/mol. The lowest BCUT2D eigenvalue weighted by atomic mass is 9.99. The number of rotatable bonds is 3. The Labute approximate surface area is 160 Å². The van der Waals surface area contributed by atoms with Gasteiger partial charge < -0.3 is 15.0 Å². The van der Waals surface area contributed by atoms with Gasteiger partial charge in [0, 0.05) is 22.8 Å². The topological polar surface area (TPSA) is 37.4 Å². The van der Waals surface area contributed by atoms with Gasteiger partial charge in [-0.15, -0.1) is 0 Å². The fraction of sp³-hybridized carbons (Fsp3) is 0.571. The molecular formula is C21H28ClN3O. The van der Waals surface area contributed by atoms with Crippen LogP contribution in [0.3, 0.4) is 0 Å². The number of fused-ring (bicyclic) bond motifs is 2. The van der Waals surface area contributed by atoms with Gasteiger partial charge in [0.1, 0.15) is 5.75 Å². The minimum absolute atomic E-state index is 0.519. The Morgan fingerprint density at radius 1 is 1.15 bits per heavy atom. The molecule has 2 heterocycles. The molecule has 1 aliphatic heterocycles. The van der Waals surface area contributed by atoms with Crippen molar-refractivity contribution >= 4 is 28.2 Å². The van der Waals surface area contributed by atoms with Crippen molar-refractivity contribution in [1.82, 2.24) is 9.88 Å². The van der Waals surface area contributed by atoms with Crippen molar-refractivity contribution in [3.63, 3.8) is 0 Å². The molecular weight excluding hydrogens is 346 g/mol. The predicted octanol–water partition coefficient (Wildman–Crippen LogP) is 4.67. The van der Waals surface area contributed by atoms with E-state index in [1.165, 1.54) is 49.0 Å². The summed E-state index contributed by atoms with van der Waals surface area (Å²) in [4.78, 5) is 7.40. The van der Waals surface area contributed by atoms with Gasteiger partial charge in [-0.05, 0) is 76.4 Å². The maximum atomic E-state index is 6.39. The highest BCUT2D eigenvalue weighted by Gasteiger charge is 2.22. The standard InChI is InChI=1S/C21H28ClN3O/c1-25-10-8-14(9-11-25)23-21-15-6-4-3-5-7-18(15)24-19-13-17(22)20(26-2)12-16(19)21/h12-14H,3-11H2,1-2H3,(H,23,24). The summed E-state index contributed by atoms with van der Waals surface area (Å²) in [7, 11) is 3.88. The summed E-state index contributed by atoms with van der Waals surface area (Å²) < 4.78 is 5.49. The molecule has 1 aliphatic carbocycles. The zero-order chi connectivity index (χ0) is 18.1. The number of ether oxygens (including phenoxy) is 1. The summed E-state index contributed by atoms with van der Waals surface area (Å²) in [5.41, 5.74) is 4.92. The summed E-state index contributed by atoms with van der Waals surface area (Å²) in [5.74, 6) is 0.723. The summed E-state index contributed by atoms with van der Waals surface area (Å²) in [5, 5.41) is 5.68. The van der Waals surface area contributed by atoms with E-state index in [-0.39, 0.29) is 0 Å². The van der Waals surface area contributed by atoms with E-state index in [9.17, 15) is 0 Å². The highest BCUT2D eigenvalue weighted by atomic mass is 35.5. The minimum Gasteiger partial charge on any atom is -0.495 e. The summed E-state index contributed by atoms with van der Waals surface area (Å²) in [6.45, 7) is 2.30. The molecule has 140 valence electrons. The molecule has 0 saturated carbocycles. The van der Waals surface area contributed by atoms with Gasteiger partial charge >= 0.3 is 0 Å². The monoisotopic (exact) mass is 373 g/mol. The molecule has 5 heteroatoms. The van der Waals surface area contributed by atoms with Crippen LogP contribution in [0.25, 0.3) is 10.9 Å². The Bertz CT molecular complexity index is 800. The van der Waals surface area contributed by atoms with Crippen molar-refractivity contribution in [2.45, 2.75) is 51.0 Å². The van der Waals surface area contributed by atoms with Crippen LogP contribution < -0.4 is 10.1 Å². The number of likely N-dealkylation sites (tertiary alicyclic amines) is 1. The third-order valence-corrected chi connectivity index (χ3v) is 6.15. The number of anilines is 1. The highest BCUT2D eigenvalue weighted by Crippen LogP contribution is 2.38. The number of pyridine rings is 1. The number of methoxy groups -OCH3 is 1. The van der Waals surface area contributed by atoms with E-state index < -0.39 is 0 Å². The molecule has 0 unspecified atom stereocenters. The van der Waals surface area contributed by atoms with Crippen LogP contribution in [0.15, 0.2) is 12.1 Å². The Kier molecular flexibility index (Phi) is 5.23. The van der Waals surface area contributed by atoms with Crippen molar-refractivity contribution in [3.8, 4) is 5.75 Å². The fourth-order valence-electron chi connectivity index (χ4n) is 4.28. The minimum atomic E-state index is 0.519. The second-order valence-electron chi connectivity index (χ2n) is 7.70. The second-order valence-corrected chi connectivity index (χ2v) is 8.11. The number of benzene rings is 1. The molecule has 4 nitrogen and oxygen atoms in total. The quantitative estimate of drug-likeness (QED) is 0.793. The maximum absolute atomic E-state index is 6.39. The van der Waals surface area contributed by atoms with Gasteiger partial charge in [-0.3, -0.25) is 4.98 Å². The SMILES string of the molecule is COc1cc2c(NC3CCN(C)CC3)c3c(nc2cc1Cl)CCCCC3. The normalized spacial score (nSPS) is 19.2. The van der Waals surface area contributed by atoms with Gasteiger partial charge in [0.25, 0.3) is 0 Å². The van der Waals surface area contributed by atoms with Crippen molar-refractivity contribution < 1.29 is 4.74 Å². The van der Waals surface area contributed by atoms with E-state index in [0.717, 1.165) is 42.6 Å². The summed E-state index contributed by atoms with van der Waals surface area (Å²) in [6, 6.07) is 4.54. The largest absolute Gasteiger partial charge is 0.495 e. The Morgan fingerprint density at radius 2 is 1.92 bits per heavy atom. The van der Waals surface area contributed by atoms with Crippen LogP contribution in [0.1, 0.15) is 43.4 Å². The number of nitrogens with one attached hydrogen (secondary N) is 1. The van der Waals surface area contributed by atoms with Gasteiger partial charge in [0.05, 0.1) is 17.6 Å². The lowest BCUT2D eigenvalue weighted by Gasteiger charge is -2.31. The molecule has 2 aliphatic rings. The number of aryl methyl sites for hydroxylation is 1. The van der Waals surface area contributed by atoms with Gasteiger partial charge in [0.15, 0.2) is 0 Å². The van der Waals surface area contributed by atoms with Gasteiger partial charge in [0.2, 0.25) is 0 Å². The van der Waals surface area contributed by atoms with Crippen LogP contribution >= 0.6 is 11.6 Å². The molecule has 0 amide bonds. The van der Waals surface area contributed by atoms with Gasteiger partial charge in [-0.1, -0.05) is 18.0 Å². The first-order valence-corrected chi connectivity index (χ1v) is 10.2. The van der Waals surface area contributed by atoms with Crippen LogP contribution in [0, 0.1) is 0 Å². The molecule has 0 atom stereocenters. The van der Waals surface area contributed by atoms with Gasteiger partial charge in [-0.2, -0.15) is 0 Å². The molecule has 26 heavy (non-hydrogen) atoms. The van der Waals surface area contributed by atoms with E-state index in [1.807, 2.05) is 6.07 Å². The molecule has 1 saturated heterocycles. The molecule has 0 spiro atoms. The van der Waals surface area contributed by atoms with Gasteiger partial charge in [-0.25, -0.2) is 0 Å². The zero-order valence-electron chi connectivity index (χ0n) is 15.8. The van der Waals surface area contributed by atoms with E-state index in [1.54, 1.807) is 7.11 Å². The van der Waals surface area contributed by atoms with Crippen LogP contribution in [0.2, 0.25) is 5.02 Å². The van der Waals surface area contributed by atoms with E-state index in [0.29, 0.717) is 11.1 Å². The maximum Gasteiger partial charge on any atom is 0.138 e. The first kappa shape index (κ1) is 17.9. The van der Waals surface area contributed by atoms with E-state index >= 15 is 0 Å². The average Bonchev–Trinajstić information content (AvgIpc) is 2.88. The van der Waals surface area contributed by atoms with Crippen LogP contribution in [0.4, 0.5) is 5.69 Å². The smallest absolute Gasteiger partial charge is 0.138 e. The number of piperidine rings is 1. The highest BCUT2D eigenvalue weighted by molar-refractivity contribution is 6.33. The predicted molar refractivity (Wildman–Crippen MR) is 109 cm³/mol. The number of halogens is 1. The molecule has 1 fully saturated rings. The first-order valence-electron chi connectivity index (χ1n) is 9.80. The van der Waals surface area contributed by atoms with Crippen molar-refractivity contribution in [2.24, 2.45) is 0 Å². The van der Waals surface area contributed by atoms with Crippen LogP contribution in [-0.4, -0.2) is 43.2 Å². The molecule has 2 aromatic rings. The van der Waals surface area contributed by atoms with Crippen LogP contribution in [-0.2, 0) is 12.8 Å². The lowest BCUT2D eigenvalue weighted by Crippen LogP contribution is -2.37. The number of nitrogens with zero attached hydrogens (tertiary/aromatic N) is 2. The number of aromatic nitrogens is 1. The Hall–Kier alpha value is -1.52. The van der Waals surface area contributed by atoms with E-state index in [4.69, 9.17) is 21.3 Å². The molecule has 4 rings (SSSR count). The molecule has 1 aromatic heterocycles. The van der Waals surface area contributed by atoms with Crippen molar-refractivity contribution in [3.05, 3.63) is 28.4 Å². The Balaban J connectivity index is 1.82. The fourth-order valence-corrected chi connectivity index (χ4v) is 4.52. The lowest BCUT2D eigenvalue weighted by molar-refractivity contribution is 0.264. The molecule has 0 radical (unpaired) electrons.